The van der Waals surface area contributed by atoms with Gasteiger partial charge in [0.1, 0.15) is 11.2 Å². The van der Waals surface area contributed by atoms with E-state index in [0.717, 1.165) is 22.2 Å². The lowest BCUT2D eigenvalue weighted by atomic mass is 10.0. The van der Waals surface area contributed by atoms with Crippen LogP contribution in [0.3, 0.4) is 0 Å². The van der Waals surface area contributed by atoms with E-state index in [2.05, 4.69) is 52.5 Å². The molecule has 2 unspecified atom stereocenters. The molecule has 32 heavy (non-hydrogen) atoms. The molecule has 0 amide bonds. The van der Waals surface area contributed by atoms with Crippen molar-refractivity contribution >= 4 is 27.9 Å². The minimum atomic E-state index is -0.0185. The van der Waals surface area contributed by atoms with Crippen LogP contribution >= 0.6 is 11.3 Å². The molecule has 4 aromatic rings. The zero-order chi connectivity index (χ0) is 22.8. The van der Waals surface area contributed by atoms with Crippen LogP contribution in [-0.4, -0.2) is 24.2 Å². The maximum Gasteiger partial charge on any atom is 0.228 e. The third-order valence-electron chi connectivity index (χ3n) is 5.44. The van der Waals surface area contributed by atoms with E-state index in [-0.39, 0.29) is 12.1 Å². The van der Waals surface area contributed by atoms with E-state index in [1.54, 1.807) is 25.6 Å². The standard InChI is InChI=1S/C25H28N4O2S/c1-14(26)17-8-6-7-9-18(17)22-13-12-21(32-22)15(2)27-20-11-10-19-23(24(20)30-4)25(31-5)29-16(3)28-19/h6-15,27H,26H2,1-5H3. The van der Waals surface area contributed by atoms with Gasteiger partial charge in [0, 0.05) is 15.8 Å². The van der Waals surface area contributed by atoms with Crippen LogP contribution in [0.1, 0.15) is 42.2 Å². The molecule has 2 aromatic carbocycles. The Labute approximate surface area is 192 Å². The molecule has 0 fully saturated rings. The van der Waals surface area contributed by atoms with Crippen molar-refractivity contribution in [3.05, 3.63) is 64.8 Å². The number of hydrogen-bond donors (Lipinski definition) is 2. The molecule has 4 rings (SSSR count). The Balaban J connectivity index is 1.67. The highest BCUT2D eigenvalue weighted by Gasteiger charge is 2.19. The molecule has 0 aliphatic rings. The van der Waals surface area contributed by atoms with Gasteiger partial charge in [0.15, 0.2) is 5.75 Å². The van der Waals surface area contributed by atoms with Crippen molar-refractivity contribution in [2.45, 2.75) is 32.9 Å². The summed E-state index contributed by atoms with van der Waals surface area (Å²) >= 11 is 1.76. The molecule has 2 heterocycles. The lowest BCUT2D eigenvalue weighted by molar-refractivity contribution is 0.393. The summed E-state index contributed by atoms with van der Waals surface area (Å²) in [6, 6.07) is 16.6. The zero-order valence-corrected chi connectivity index (χ0v) is 19.8. The van der Waals surface area contributed by atoms with Crippen LogP contribution in [0.5, 0.6) is 11.6 Å². The van der Waals surface area contributed by atoms with Crippen molar-refractivity contribution in [1.82, 2.24) is 9.97 Å². The summed E-state index contributed by atoms with van der Waals surface area (Å²) in [4.78, 5) is 11.4. The van der Waals surface area contributed by atoms with E-state index in [9.17, 15) is 0 Å². The van der Waals surface area contributed by atoms with Crippen LogP contribution in [0.4, 0.5) is 5.69 Å². The summed E-state index contributed by atoms with van der Waals surface area (Å²) in [6.45, 7) is 6.00. The highest BCUT2D eigenvalue weighted by molar-refractivity contribution is 7.15. The number of fused-ring (bicyclic) bond motifs is 1. The van der Waals surface area contributed by atoms with Crippen LogP contribution in [0.2, 0.25) is 0 Å². The number of aryl methyl sites for hydroxylation is 1. The highest BCUT2D eigenvalue weighted by atomic mass is 32.1. The van der Waals surface area contributed by atoms with Crippen LogP contribution in [0.15, 0.2) is 48.5 Å². The summed E-state index contributed by atoms with van der Waals surface area (Å²) in [6.07, 6.45) is 0. The molecular formula is C25H28N4O2S. The summed E-state index contributed by atoms with van der Waals surface area (Å²) < 4.78 is 11.3. The van der Waals surface area contributed by atoms with Gasteiger partial charge in [-0.2, -0.15) is 4.98 Å². The summed E-state index contributed by atoms with van der Waals surface area (Å²) in [5.74, 6) is 1.83. The van der Waals surface area contributed by atoms with Crippen molar-refractivity contribution < 1.29 is 9.47 Å². The van der Waals surface area contributed by atoms with Gasteiger partial charge in [0.25, 0.3) is 0 Å². The third kappa shape index (κ3) is 4.13. The summed E-state index contributed by atoms with van der Waals surface area (Å²) in [5, 5.41) is 4.35. The van der Waals surface area contributed by atoms with E-state index < -0.39 is 0 Å². The molecule has 0 saturated carbocycles. The van der Waals surface area contributed by atoms with Gasteiger partial charge in [-0.3, -0.25) is 0 Å². The first-order valence-corrected chi connectivity index (χ1v) is 11.3. The molecule has 166 valence electrons. The van der Waals surface area contributed by atoms with Gasteiger partial charge in [-0.15, -0.1) is 11.3 Å². The SMILES string of the molecule is COc1nc(C)nc2ccc(NC(C)c3ccc(-c4ccccc4C(C)N)s3)c(OC)c12. The van der Waals surface area contributed by atoms with E-state index in [1.807, 2.05) is 32.0 Å². The fraction of sp³-hybridized carbons (Fsp3) is 0.280. The average Bonchev–Trinajstić information content (AvgIpc) is 3.28. The van der Waals surface area contributed by atoms with E-state index >= 15 is 0 Å². The highest BCUT2D eigenvalue weighted by Crippen LogP contribution is 2.41. The van der Waals surface area contributed by atoms with Crippen molar-refractivity contribution in [1.29, 1.82) is 0 Å². The number of methoxy groups -OCH3 is 2. The maximum absolute atomic E-state index is 6.19. The van der Waals surface area contributed by atoms with Crippen molar-refractivity contribution in [3.8, 4) is 22.1 Å². The third-order valence-corrected chi connectivity index (χ3v) is 6.74. The Morgan fingerprint density at radius 1 is 0.969 bits per heavy atom. The summed E-state index contributed by atoms with van der Waals surface area (Å²) in [7, 11) is 3.26. The van der Waals surface area contributed by atoms with E-state index in [4.69, 9.17) is 15.2 Å². The Morgan fingerprint density at radius 3 is 2.47 bits per heavy atom. The molecule has 3 N–H and O–H groups in total. The number of aromatic nitrogens is 2. The second kappa shape index (κ2) is 9.14. The number of rotatable bonds is 7. The Kier molecular flexibility index (Phi) is 6.30. The first kappa shape index (κ1) is 22.0. The average molecular weight is 449 g/mol. The minimum absolute atomic E-state index is 0.0185. The quantitative estimate of drug-likeness (QED) is 0.368. The summed E-state index contributed by atoms with van der Waals surface area (Å²) in [5.41, 5.74) is 10.2. The fourth-order valence-corrected chi connectivity index (χ4v) is 4.96. The van der Waals surface area contributed by atoms with Gasteiger partial charge in [-0.1, -0.05) is 24.3 Å². The number of nitrogens with one attached hydrogen (secondary N) is 1. The van der Waals surface area contributed by atoms with E-state index in [0.29, 0.717) is 17.5 Å². The Morgan fingerprint density at radius 2 is 1.75 bits per heavy atom. The number of benzene rings is 2. The molecule has 0 aliphatic carbocycles. The van der Waals surface area contributed by atoms with Crippen LogP contribution in [0, 0.1) is 6.92 Å². The molecule has 0 spiro atoms. The largest absolute Gasteiger partial charge is 0.494 e. The first-order valence-electron chi connectivity index (χ1n) is 10.5. The van der Waals surface area contributed by atoms with Crippen LogP contribution in [-0.2, 0) is 0 Å². The molecule has 0 saturated heterocycles. The fourth-order valence-electron chi connectivity index (χ4n) is 3.90. The van der Waals surface area contributed by atoms with Gasteiger partial charge >= 0.3 is 0 Å². The molecule has 2 atom stereocenters. The lowest BCUT2D eigenvalue weighted by Gasteiger charge is -2.19. The molecule has 0 radical (unpaired) electrons. The zero-order valence-electron chi connectivity index (χ0n) is 19.0. The molecular weight excluding hydrogens is 420 g/mol. The Hall–Kier alpha value is -3.16. The number of nitrogens with two attached hydrogens (primary N) is 1. The maximum atomic E-state index is 6.19. The van der Waals surface area contributed by atoms with Gasteiger partial charge in [-0.25, -0.2) is 4.98 Å². The predicted octanol–water partition coefficient (Wildman–Crippen LogP) is 5.88. The number of nitrogens with zero attached hydrogens (tertiary/aromatic N) is 2. The number of hydrogen-bond acceptors (Lipinski definition) is 7. The van der Waals surface area contributed by atoms with Gasteiger partial charge in [0.2, 0.25) is 5.88 Å². The molecule has 0 aliphatic heterocycles. The molecule has 7 heteroatoms. The van der Waals surface area contributed by atoms with E-state index in [1.165, 1.54) is 15.3 Å². The minimum Gasteiger partial charge on any atom is -0.494 e. The van der Waals surface area contributed by atoms with Gasteiger partial charge < -0.3 is 20.5 Å². The normalized spacial score (nSPS) is 13.1. The topological polar surface area (TPSA) is 82.3 Å². The molecule has 2 aromatic heterocycles. The van der Waals surface area contributed by atoms with Crippen molar-refractivity contribution in [2.24, 2.45) is 5.73 Å². The van der Waals surface area contributed by atoms with Gasteiger partial charge in [-0.05, 0) is 56.2 Å². The second-order valence-corrected chi connectivity index (χ2v) is 8.88. The molecule has 6 nitrogen and oxygen atoms in total. The van der Waals surface area contributed by atoms with Crippen molar-refractivity contribution in [2.75, 3.05) is 19.5 Å². The van der Waals surface area contributed by atoms with Gasteiger partial charge in [0.05, 0.1) is 31.5 Å². The number of thiophene rings is 1. The monoisotopic (exact) mass is 448 g/mol. The lowest BCUT2D eigenvalue weighted by Crippen LogP contribution is -2.07. The van der Waals surface area contributed by atoms with Crippen LogP contribution < -0.4 is 20.5 Å². The first-order chi connectivity index (χ1) is 15.4. The van der Waals surface area contributed by atoms with Crippen LogP contribution in [0.25, 0.3) is 21.3 Å². The number of anilines is 1. The number of ether oxygens (including phenoxy) is 2. The predicted molar refractivity (Wildman–Crippen MR) is 132 cm³/mol. The van der Waals surface area contributed by atoms with Crippen molar-refractivity contribution in [3.63, 3.8) is 0 Å². The molecule has 0 bridgehead atoms. The Bertz CT molecular complexity index is 1250. The smallest absolute Gasteiger partial charge is 0.228 e. The second-order valence-electron chi connectivity index (χ2n) is 7.76.